The van der Waals surface area contributed by atoms with Crippen molar-refractivity contribution in [1.82, 2.24) is 10.8 Å². The quantitative estimate of drug-likeness (QED) is 0.440. The summed E-state index contributed by atoms with van der Waals surface area (Å²) in [6, 6.07) is 0.790. The van der Waals surface area contributed by atoms with Gasteiger partial charge in [0.25, 0.3) is 0 Å². The lowest BCUT2D eigenvalue weighted by Gasteiger charge is -2.26. The van der Waals surface area contributed by atoms with Crippen LogP contribution in [0.4, 0.5) is 0 Å². The maximum absolute atomic E-state index is 4.98. The Balaban J connectivity index is 1.73. The third-order valence-electron chi connectivity index (χ3n) is 2.01. The molecule has 0 heterocycles. The third kappa shape index (κ3) is 3.70. The van der Waals surface area contributed by atoms with E-state index in [4.69, 9.17) is 4.84 Å². The number of hydrogen-bond donors (Lipinski definition) is 2. The molecule has 11 heavy (non-hydrogen) atoms. The van der Waals surface area contributed by atoms with Crippen LogP contribution in [-0.4, -0.2) is 25.7 Å². The second-order valence-electron chi connectivity index (χ2n) is 2.91. The molecular formula is C8H18N2O. The zero-order valence-corrected chi connectivity index (χ0v) is 7.23. The van der Waals surface area contributed by atoms with Gasteiger partial charge >= 0.3 is 0 Å². The van der Waals surface area contributed by atoms with Gasteiger partial charge in [-0.05, 0) is 19.8 Å². The van der Waals surface area contributed by atoms with Crippen LogP contribution in [0.25, 0.3) is 0 Å². The van der Waals surface area contributed by atoms with Crippen molar-refractivity contribution >= 4 is 0 Å². The molecule has 0 saturated heterocycles. The Kier molecular flexibility index (Phi) is 4.50. The zero-order chi connectivity index (χ0) is 7.94. The maximum atomic E-state index is 4.98. The smallest absolute Gasteiger partial charge is 0.0653 e. The first-order chi connectivity index (χ1) is 5.43. The highest BCUT2D eigenvalue weighted by atomic mass is 16.6. The number of nitrogens with one attached hydrogen (secondary N) is 2. The van der Waals surface area contributed by atoms with Crippen molar-refractivity contribution < 1.29 is 4.84 Å². The minimum absolute atomic E-state index is 0.740. The molecule has 0 aliphatic heterocycles. The molecule has 0 amide bonds. The van der Waals surface area contributed by atoms with Gasteiger partial charge in [0.15, 0.2) is 0 Å². The van der Waals surface area contributed by atoms with Gasteiger partial charge in [-0.1, -0.05) is 6.42 Å². The Morgan fingerprint density at radius 3 is 2.73 bits per heavy atom. The summed E-state index contributed by atoms with van der Waals surface area (Å²) in [5, 5.41) is 3.44. The van der Waals surface area contributed by atoms with Crippen LogP contribution in [0, 0.1) is 0 Å². The highest BCUT2D eigenvalue weighted by Crippen LogP contribution is 2.17. The van der Waals surface area contributed by atoms with Crippen molar-refractivity contribution in [3.63, 3.8) is 0 Å². The van der Waals surface area contributed by atoms with Crippen LogP contribution in [-0.2, 0) is 4.84 Å². The van der Waals surface area contributed by atoms with E-state index in [2.05, 4.69) is 10.8 Å². The van der Waals surface area contributed by atoms with Crippen LogP contribution in [0.2, 0.25) is 0 Å². The van der Waals surface area contributed by atoms with Crippen LogP contribution in [0.15, 0.2) is 0 Å². The summed E-state index contributed by atoms with van der Waals surface area (Å²) >= 11 is 0. The molecule has 0 spiro atoms. The lowest BCUT2D eigenvalue weighted by Crippen LogP contribution is -2.39. The average molecular weight is 158 g/mol. The van der Waals surface area contributed by atoms with Crippen LogP contribution >= 0.6 is 0 Å². The molecule has 1 aliphatic rings. The minimum atomic E-state index is 0.740. The van der Waals surface area contributed by atoms with Crippen molar-refractivity contribution in [3.05, 3.63) is 0 Å². The normalized spacial score (nSPS) is 18.3. The van der Waals surface area contributed by atoms with Crippen molar-refractivity contribution in [1.29, 1.82) is 0 Å². The number of hydrogen-bond acceptors (Lipinski definition) is 3. The van der Waals surface area contributed by atoms with E-state index in [9.17, 15) is 0 Å². The lowest BCUT2D eigenvalue weighted by atomic mass is 9.93. The monoisotopic (exact) mass is 158 g/mol. The summed E-state index contributed by atoms with van der Waals surface area (Å²) in [6.07, 6.45) is 4.11. The molecule has 0 atom stereocenters. The standard InChI is InChI=1S/C8H18N2O/c1-2-11-10-7-6-9-8-4-3-5-8/h8-10H,2-7H2,1H3. The van der Waals surface area contributed by atoms with Crippen molar-refractivity contribution in [2.24, 2.45) is 0 Å². The van der Waals surface area contributed by atoms with Gasteiger partial charge in [-0.15, -0.1) is 0 Å². The Bertz CT molecular complexity index is 94.1. The first-order valence-electron chi connectivity index (χ1n) is 4.51. The lowest BCUT2D eigenvalue weighted by molar-refractivity contribution is 0.0509. The van der Waals surface area contributed by atoms with Crippen LogP contribution < -0.4 is 10.8 Å². The van der Waals surface area contributed by atoms with Crippen LogP contribution in [0.1, 0.15) is 26.2 Å². The highest BCUT2D eigenvalue weighted by Gasteiger charge is 2.15. The molecule has 3 heteroatoms. The van der Waals surface area contributed by atoms with E-state index >= 15 is 0 Å². The Morgan fingerprint density at radius 1 is 1.36 bits per heavy atom. The van der Waals surface area contributed by atoms with Gasteiger partial charge in [0.1, 0.15) is 0 Å². The molecule has 3 nitrogen and oxygen atoms in total. The molecule has 2 N–H and O–H groups in total. The fourth-order valence-corrected chi connectivity index (χ4v) is 1.11. The first-order valence-corrected chi connectivity index (χ1v) is 4.51. The predicted molar refractivity (Wildman–Crippen MR) is 45.3 cm³/mol. The third-order valence-corrected chi connectivity index (χ3v) is 2.01. The van der Waals surface area contributed by atoms with E-state index in [1.54, 1.807) is 0 Å². The first kappa shape index (κ1) is 8.97. The summed E-state index contributed by atoms with van der Waals surface area (Å²) in [5.74, 6) is 0. The molecule has 0 aromatic heterocycles. The second-order valence-corrected chi connectivity index (χ2v) is 2.91. The summed E-state index contributed by atoms with van der Waals surface area (Å²) < 4.78 is 0. The van der Waals surface area contributed by atoms with Gasteiger partial charge in [-0.2, -0.15) is 0 Å². The maximum Gasteiger partial charge on any atom is 0.0653 e. The van der Waals surface area contributed by atoms with E-state index in [1.807, 2.05) is 6.92 Å². The van der Waals surface area contributed by atoms with Gasteiger partial charge in [-0.25, -0.2) is 5.48 Å². The molecule has 1 saturated carbocycles. The molecule has 1 aliphatic carbocycles. The Labute approximate surface area is 68.5 Å². The van der Waals surface area contributed by atoms with Crippen LogP contribution in [0.5, 0.6) is 0 Å². The van der Waals surface area contributed by atoms with Gasteiger partial charge in [0, 0.05) is 19.1 Å². The van der Waals surface area contributed by atoms with Gasteiger partial charge in [-0.3, -0.25) is 0 Å². The summed E-state index contributed by atoms with van der Waals surface area (Å²) in [6.45, 7) is 4.64. The Hall–Kier alpha value is -0.120. The fraction of sp³-hybridized carbons (Fsp3) is 1.00. The van der Waals surface area contributed by atoms with E-state index in [0.29, 0.717) is 0 Å². The molecule has 66 valence electrons. The van der Waals surface area contributed by atoms with E-state index < -0.39 is 0 Å². The van der Waals surface area contributed by atoms with Gasteiger partial charge in [0.2, 0.25) is 0 Å². The average Bonchev–Trinajstić information content (AvgIpc) is 1.93. The zero-order valence-electron chi connectivity index (χ0n) is 7.23. The molecule has 0 unspecified atom stereocenters. The largest absolute Gasteiger partial charge is 0.313 e. The molecule has 0 aromatic rings. The molecule has 0 aromatic carbocycles. The predicted octanol–water partition coefficient (Wildman–Crippen LogP) is 0.670. The van der Waals surface area contributed by atoms with Gasteiger partial charge in [0.05, 0.1) is 6.61 Å². The Morgan fingerprint density at radius 2 is 2.18 bits per heavy atom. The summed E-state index contributed by atoms with van der Waals surface area (Å²) in [7, 11) is 0. The van der Waals surface area contributed by atoms with E-state index in [-0.39, 0.29) is 0 Å². The van der Waals surface area contributed by atoms with Crippen molar-refractivity contribution in [3.8, 4) is 0 Å². The van der Waals surface area contributed by atoms with Crippen molar-refractivity contribution in [2.75, 3.05) is 19.7 Å². The summed E-state index contributed by atoms with van der Waals surface area (Å²) in [4.78, 5) is 4.98. The molecule has 0 radical (unpaired) electrons. The molecule has 1 fully saturated rings. The minimum Gasteiger partial charge on any atom is -0.313 e. The van der Waals surface area contributed by atoms with Crippen LogP contribution in [0.3, 0.4) is 0 Å². The molecule has 0 bridgehead atoms. The topological polar surface area (TPSA) is 33.3 Å². The fourth-order valence-electron chi connectivity index (χ4n) is 1.11. The SMILES string of the molecule is CCONCCNC1CCC1. The second kappa shape index (κ2) is 5.52. The summed E-state index contributed by atoms with van der Waals surface area (Å²) in [5.41, 5.74) is 2.88. The van der Waals surface area contributed by atoms with E-state index in [0.717, 1.165) is 25.7 Å². The molecular weight excluding hydrogens is 140 g/mol. The molecule has 1 rings (SSSR count). The van der Waals surface area contributed by atoms with E-state index in [1.165, 1.54) is 19.3 Å². The van der Waals surface area contributed by atoms with Crippen molar-refractivity contribution in [2.45, 2.75) is 32.2 Å². The van der Waals surface area contributed by atoms with Gasteiger partial charge < -0.3 is 10.2 Å². The number of rotatable bonds is 6. The number of hydroxylamine groups is 1. The highest BCUT2D eigenvalue weighted by molar-refractivity contribution is 4.75.